The van der Waals surface area contributed by atoms with Crippen LogP contribution in [0.5, 0.6) is 0 Å². The summed E-state index contributed by atoms with van der Waals surface area (Å²) in [6.45, 7) is 4.74. The predicted octanol–water partition coefficient (Wildman–Crippen LogP) is 3.71. The molecule has 2 aliphatic rings. The number of rotatable bonds is 2. The minimum Gasteiger partial charge on any atom is -0.398 e. The summed E-state index contributed by atoms with van der Waals surface area (Å²) in [5.74, 6) is 0.877. The highest BCUT2D eigenvalue weighted by Gasteiger charge is 2.19. The highest BCUT2D eigenvalue weighted by molar-refractivity contribution is 7.80. The van der Waals surface area contributed by atoms with Crippen molar-refractivity contribution in [3.05, 3.63) is 35.0 Å². The van der Waals surface area contributed by atoms with Crippen molar-refractivity contribution in [2.75, 3.05) is 44.3 Å². The molecule has 1 aromatic carbocycles. The Morgan fingerprint density at radius 3 is 2.69 bits per heavy atom. The van der Waals surface area contributed by atoms with E-state index in [0.717, 1.165) is 40.7 Å². The molecule has 4 N–H and O–H groups in total. The number of aryl methyl sites for hydroxylation is 2. The van der Waals surface area contributed by atoms with Crippen LogP contribution in [0.25, 0.3) is 10.2 Å². The number of piperazine rings is 1. The number of hydrogen-bond acceptors (Lipinski definition) is 8. The lowest BCUT2D eigenvalue weighted by Gasteiger charge is -2.21. The highest BCUT2D eigenvalue weighted by Crippen LogP contribution is 2.39. The summed E-state index contributed by atoms with van der Waals surface area (Å²) in [5.41, 5.74) is 8.86. The topological polar surface area (TPSA) is 79.1 Å². The van der Waals surface area contributed by atoms with E-state index in [1.807, 2.05) is 18.2 Å². The molecular weight excluding hydrogens is 400 g/mol. The van der Waals surface area contributed by atoms with Crippen molar-refractivity contribution in [2.45, 2.75) is 30.6 Å². The fourth-order valence-electron chi connectivity index (χ4n) is 3.72. The molecule has 1 saturated heterocycles. The van der Waals surface area contributed by atoms with E-state index in [4.69, 9.17) is 5.73 Å². The Morgan fingerprint density at radius 1 is 1.17 bits per heavy atom. The van der Waals surface area contributed by atoms with Gasteiger partial charge >= 0.3 is 0 Å². The molecule has 0 bridgehead atoms. The first-order valence-electron chi connectivity index (χ1n) is 10.1. The maximum Gasteiger partial charge on any atom is 0.142 e. The van der Waals surface area contributed by atoms with Gasteiger partial charge in [0.05, 0.1) is 5.39 Å². The SMILES string of the molecule is CN1CCNCC1.Nc1ccc(Nc2ncnc3sc4c(c23)CCCC4)cc1S. The number of anilines is 3. The van der Waals surface area contributed by atoms with Crippen molar-refractivity contribution >= 4 is 51.4 Å². The highest BCUT2D eigenvalue weighted by atomic mass is 32.1. The molecule has 1 aliphatic carbocycles. The van der Waals surface area contributed by atoms with Crippen molar-refractivity contribution in [1.29, 1.82) is 0 Å². The molecule has 0 unspecified atom stereocenters. The van der Waals surface area contributed by atoms with E-state index in [1.165, 1.54) is 48.2 Å². The van der Waals surface area contributed by atoms with Crippen molar-refractivity contribution in [3.63, 3.8) is 0 Å². The lowest BCUT2D eigenvalue weighted by molar-refractivity contribution is 0.291. The van der Waals surface area contributed by atoms with Crippen molar-refractivity contribution < 1.29 is 0 Å². The molecule has 0 spiro atoms. The maximum absolute atomic E-state index is 5.82. The van der Waals surface area contributed by atoms with Crippen molar-refractivity contribution in [1.82, 2.24) is 20.2 Å². The molecule has 29 heavy (non-hydrogen) atoms. The van der Waals surface area contributed by atoms with Gasteiger partial charge in [0, 0.05) is 47.3 Å². The summed E-state index contributed by atoms with van der Waals surface area (Å²) in [6, 6.07) is 5.72. The molecule has 154 valence electrons. The fourth-order valence-corrected chi connectivity index (χ4v) is 5.16. The van der Waals surface area contributed by atoms with Crippen molar-refractivity contribution in [3.8, 4) is 0 Å². The Hall–Kier alpha value is -1.87. The van der Waals surface area contributed by atoms with Gasteiger partial charge in [0.2, 0.25) is 0 Å². The van der Waals surface area contributed by atoms with Crippen LogP contribution in [0.4, 0.5) is 17.2 Å². The van der Waals surface area contributed by atoms with Crippen LogP contribution in [0.1, 0.15) is 23.3 Å². The molecule has 0 amide bonds. The van der Waals surface area contributed by atoms with Gasteiger partial charge in [-0.2, -0.15) is 0 Å². The van der Waals surface area contributed by atoms with Crippen LogP contribution in [0, 0.1) is 0 Å². The minimum absolute atomic E-state index is 0.676. The van der Waals surface area contributed by atoms with Crippen LogP contribution < -0.4 is 16.4 Å². The predicted molar refractivity (Wildman–Crippen MR) is 126 cm³/mol. The zero-order valence-corrected chi connectivity index (χ0v) is 18.5. The fraction of sp³-hybridized carbons (Fsp3) is 0.429. The monoisotopic (exact) mass is 428 g/mol. The molecule has 6 nitrogen and oxygen atoms in total. The Morgan fingerprint density at radius 2 is 1.97 bits per heavy atom. The number of likely N-dealkylation sites (N-methyl/N-ethyl adjacent to an activating group) is 1. The van der Waals surface area contributed by atoms with E-state index >= 15 is 0 Å². The minimum atomic E-state index is 0.676. The second kappa shape index (κ2) is 9.30. The quantitative estimate of drug-likeness (QED) is 0.368. The van der Waals surface area contributed by atoms with Gasteiger partial charge in [-0.3, -0.25) is 0 Å². The number of nitrogens with one attached hydrogen (secondary N) is 2. The number of hydrogen-bond donors (Lipinski definition) is 4. The van der Waals surface area contributed by atoms with Gasteiger partial charge in [-0.15, -0.1) is 24.0 Å². The summed E-state index contributed by atoms with van der Waals surface area (Å²) >= 11 is 6.18. The third-order valence-electron chi connectivity index (χ3n) is 5.39. The Kier molecular flexibility index (Phi) is 6.54. The zero-order chi connectivity index (χ0) is 20.2. The molecule has 5 rings (SSSR count). The lowest BCUT2D eigenvalue weighted by atomic mass is 9.97. The summed E-state index contributed by atoms with van der Waals surface area (Å²) < 4.78 is 0. The number of nitrogen functional groups attached to an aromatic ring is 1. The zero-order valence-electron chi connectivity index (χ0n) is 16.7. The average Bonchev–Trinajstić information content (AvgIpc) is 3.11. The van der Waals surface area contributed by atoms with E-state index in [2.05, 4.69) is 45.2 Å². The van der Waals surface area contributed by atoms with Gasteiger partial charge in [0.15, 0.2) is 0 Å². The molecule has 3 heterocycles. The van der Waals surface area contributed by atoms with E-state index in [-0.39, 0.29) is 0 Å². The third kappa shape index (κ3) is 4.83. The molecule has 1 fully saturated rings. The summed E-state index contributed by atoms with van der Waals surface area (Å²) in [6.07, 6.45) is 6.44. The average molecular weight is 429 g/mol. The Balaban J connectivity index is 0.000000249. The molecular formula is C21H28N6S2. The van der Waals surface area contributed by atoms with E-state index in [1.54, 1.807) is 17.7 Å². The van der Waals surface area contributed by atoms with Crippen molar-refractivity contribution in [2.24, 2.45) is 0 Å². The summed E-state index contributed by atoms with van der Waals surface area (Å²) in [4.78, 5) is 14.6. The number of aromatic nitrogens is 2. The van der Waals surface area contributed by atoms with Gasteiger partial charge < -0.3 is 21.3 Å². The molecule has 0 radical (unpaired) electrons. The van der Waals surface area contributed by atoms with Gasteiger partial charge in [0.25, 0.3) is 0 Å². The maximum atomic E-state index is 5.82. The number of thiophene rings is 1. The van der Waals surface area contributed by atoms with Gasteiger partial charge in [-0.25, -0.2) is 9.97 Å². The van der Waals surface area contributed by atoms with Crippen LogP contribution in [0.15, 0.2) is 29.4 Å². The standard InChI is InChI=1S/C16H16N4S2.C5H12N2/c17-11-6-5-9(7-12(11)21)20-15-14-10-3-1-2-4-13(10)22-16(14)19-8-18-15;1-7-4-2-6-3-5-7/h5-8,21H,1-4,17H2,(H,18,19,20);6H,2-5H2,1H3. The van der Waals surface area contributed by atoms with Gasteiger partial charge in [-0.05, 0) is 56.5 Å². The first-order valence-corrected chi connectivity index (χ1v) is 11.4. The molecule has 1 aliphatic heterocycles. The second-order valence-electron chi connectivity index (χ2n) is 7.57. The normalized spacial score (nSPS) is 16.8. The first-order chi connectivity index (χ1) is 14.1. The molecule has 8 heteroatoms. The smallest absolute Gasteiger partial charge is 0.142 e. The van der Waals surface area contributed by atoms with Crippen LogP contribution in [-0.4, -0.2) is 48.1 Å². The number of thiol groups is 1. The van der Waals surface area contributed by atoms with Gasteiger partial charge in [-0.1, -0.05) is 0 Å². The Labute approximate surface area is 181 Å². The summed E-state index contributed by atoms with van der Waals surface area (Å²) in [7, 11) is 2.15. The van der Waals surface area contributed by atoms with Crippen LogP contribution in [0.2, 0.25) is 0 Å². The first kappa shape index (κ1) is 20.4. The van der Waals surface area contributed by atoms with E-state index in [0.29, 0.717) is 5.69 Å². The second-order valence-corrected chi connectivity index (χ2v) is 9.13. The van der Waals surface area contributed by atoms with Gasteiger partial charge in [0.1, 0.15) is 17.0 Å². The van der Waals surface area contributed by atoms with Crippen LogP contribution >= 0.6 is 24.0 Å². The number of fused-ring (bicyclic) bond motifs is 3. The largest absolute Gasteiger partial charge is 0.398 e. The number of nitrogens with two attached hydrogens (primary N) is 1. The molecule has 2 aromatic heterocycles. The third-order valence-corrected chi connectivity index (χ3v) is 6.97. The molecule has 0 saturated carbocycles. The van der Waals surface area contributed by atoms with Crippen LogP contribution in [0.3, 0.4) is 0 Å². The molecule has 3 aromatic rings. The van der Waals surface area contributed by atoms with E-state index < -0.39 is 0 Å². The number of nitrogens with zero attached hydrogens (tertiary/aromatic N) is 3. The summed E-state index contributed by atoms with van der Waals surface area (Å²) in [5, 5.41) is 7.86. The number of benzene rings is 1. The molecule has 0 atom stereocenters. The Bertz CT molecular complexity index is 981. The van der Waals surface area contributed by atoms with Crippen LogP contribution in [-0.2, 0) is 12.8 Å². The lowest BCUT2D eigenvalue weighted by Crippen LogP contribution is -2.40. The van der Waals surface area contributed by atoms with E-state index in [9.17, 15) is 0 Å².